The minimum atomic E-state index is -0.907. The number of rotatable bonds is 16. The number of aromatic carboxylic acids is 1. The van der Waals surface area contributed by atoms with Crippen molar-refractivity contribution >= 4 is 23.2 Å². The van der Waals surface area contributed by atoms with Crippen molar-refractivity contribution in [2.24, 2.45) is 35.0 Å². The number of carbonyl (C=O) groups is 2. The Kier molecular flexibility index (Phi) is 12.5. The zero-order valence-electron chi connectivity index (χ0n) is 31.2. The first-order chi connectivity index (χ1) is 23.6. The van der Waals surface area contributed by atoms with Crippen LogP contribution in [0.1, 0.15) is 87.2 Å². The molecule has 11 heteroatoms. The standard InChI is InChI=1S/C39H60N4O6S/c1-23(2)14-29(20-41(7)8)42(21-34-30(38(47)48)12-13-50-34)18-26-10-9-11-27(15-26)19-43-36(35(25(4)45)33(22-44)49-43)37(46)40-32-17-28-16-31(24(32)3)39(28,5)6/h9-13,15,23-25,28-29,31-33,35-36,44-45H,14,16-22H2,1-8H3,(H,40,46)(H,47,48)/t24-,25+,28-,29+,31-,32+,33+,35-,36+/m1/s1. The van der Waals surface area contributed by atoms with Crippen molar-refractivity contribution in [1.29, 1.82) is 0 Å². The van der Waals surface area contributed by atoms with Gasteiger partial charge in [0.25, 0.3) is 0 Å². The summed E-state index contributed by atoms with van der Waals surface area (Å²) in [6.07, 6.45) is 1.59. The molecule has 2 aromatic rings. The maximum atomic E-state index is 14.1. The molecule has 50 heavy (non-hydrogen) atoms. The highest BCUT2D eigenvalue weighted by Gasteiger charge is 2.57. The fraction of sp³-hybridized carbons (Fsp3) is 0.692. The first-order valence-electron chi connectivity index (χ1n) is 18.4. The molecule has 1 saturated heterocycles. The van der Waals surface area contributed by atoms with Gasteiger partial charge in [-0.05, 0) is 91.9 Å². The number of aliphatic hydroxyl groups excluding tert-OH is 2. The Morgan fingerprint density at radius 1 is 1.12 bits per heavy atom. The predicted molar refractivity (Wildman–Crippen MR) is 196 cm³/mol. The van der Waals surface area contributed by atoms with Crippen LogP contribution < -0.4 is 5.32 Å². The lowest BCUT2D eigenvalue weighted by atomic mass is 9.45. The largest absolute Gasteiger partial charge is 0.478 e. The Balaban J connectivity index is 1.37. The minimum absolute atomic E-state index is 0.0733. The summed E-state index contributed by atoms with van der Waals surface area (Å²) in [6, 6.07) is 9.45. The summed E-state index contributed by atoms with van der Waals surface area (Å²) in [4.78, 5) is 37.8. The number of carbonyl (C=O) groups excluding carboxylic acids is 1. The fourth-order valence-corrected chi connectivity index (χ4v) is 10.1. The summed E-state index contributed by atoms with van der Waals surface area (Å²) in [7, 11) is 4.14. The quantitative estimate of drug-likeness (QED) is 0.189. The third-order valence-corrected chi connectivity index (χ3v) is 12.8. The molecule has 0 spiro atoms. The molecular formula is C39H60N4O6S. The lowest BCUT2D eigenvalue weighted by Crippen LogP contribution is -2.62. The van der Waals surface area contributed by atoms with Crippen LogP contribution in [-0.2, 0) is 29.3 Å². The number of carboxylic acid groups (broad SMARTS) is 1. The molecule has 1 aliphatic heterocycles. The molecular weight excluding hydrogens is 653 g/mol. The highest BCUT2D eigenvalue weighted by atomic mass is 32.1. The van der Waals surface area contributed by atoms with Crippen molar-refractivity contribution in [2.45, 2.75) is 111 Å². The first-order valence-corrected chi connectivity index (χ1v) is 19.3. The van der Waals surface area contributed by atoms with E-state index in [-0.39, 0.29) is 24.6 Å². The van der Waals surface area contributed by atoms with Crippen LogP contribution in [0, 0.1) is 35.0 Å². The molecule has 3 saturated carbocycles. The number of aliphatic hydroxyl groups is 2. The van der Waals surface area contributed by atoms with Crippen molar-refractivity contribution < 1.29 is 29.7 Å². The SMILES string of the molecule is CC(C)C[C@@H](CN(C)C)N(Cc1cccc(CN2O[C@@H](CO)[C@@H]([C@H](C)O)[C@H]2C(=O)N[C@H]2C[C@H]3C[C@H]([C@H]2C)C3(C)C)c1)Cc1sccc1C(=O)O. The van der Waals surface area contributed by atoms with Crippen LogP contribution in [0.25, 0.3) is 0 Å². The third kappa shape index (κ3) is 8.46. The maximum Gasteiger partial charge on any atom is 0.336 e. The Morgan fingerprint density at radius 2 is 1.84 bits per heavy atom. The van der Waals surface area contributed by atoms with Gasteiger partial charge in [0.2, 0.25) is 5.91 Å². The number of nitrogens with zero attached hydrogens (tertiary/aromatic N) is 3. The molecule has 278 valence electrons. The van der Waals surface area contributed by atoms with E-state index in [0.717, 1.165) is 35.4 Å². The summed E-state index contributed by atoms with van der Waals surface area (Å²) in [5, 5.41) is 37.9. The van der Waals surface area contributed by atoms with Crippen LogP contribution in [0.15, 0.2) is 35.7 Å². The Bertz CT molecular complexity index is 1450. The molecule has 1 aromatic carbocycles. The number of amides is 1. The summed E-state index contributed by atoms with van der Waals surface area (Å²) in [6.45, 7) is 15.0. The Labute approximate surface area is 302 Å². The lowest BCUT2D eigenvalue weighted by Gasteiger charge is -2.62. The van der Waals surface area contributed by atoms with Crippen molar-refractivity contribution in [3.63, 3.8) is 0 Å². The average Bonchev–Trinajstić information content (AvgIpc) is 3.65. The van der Waals surface area contributed by atoms with E-state index in [1.165, 1.54) is 17.8 Å². The molecule has 1 amide bonds. The third-order valence-electron chi connectivity index (χ3n) is 11.9. The zero-order chi connectivity index (χ0) is 36.5. The van der Waals surface area contributed by atoms with Crippen molar-refractivity contribution in [3.05, 3.63) is 57.3 Å². The molecule has 0 unspecified atom stereocenters. The van der Waals surface area contributed by atoms with E-state index in [1.807, 2.05) is 17.5 Å². The summed E-state index contributed by atoms with van der Waals surface area (Å²) in [5.41, 5.74) is 2.68. The van der Waals surface area contributed by atoms with Gasteiger partial charge in [-0.1, -0.05) is 58.9 Å². The van der Waals surface area contributed by atoms with Gasteiger partial charge in [0.1, 0.15) is 12.1 Å². The van der Waals surface area contributed by atoms with E-state index >= 15 is 0 Å². The molecule has 2 bridgehead atoms. The average molecular weight is 713 g/mol. The lowest BCUT2D eigenvalue weighted by molar-refractivity contribution is -0.183. The number of hydroxylamine groups is 2. The van der Waals surface area contributed by atoms with Crippen LogP contribution in [0.5, 0.6) is 0 Å². The molecule has 1 aromatic heterocycles. The van der Waals surface area contributed by atoms with Gasteiger partial charge >= 0.3 is 5.97 Å². The van der Waals surface area contributed by atoms with Gasteiger partial charge in [-0.2, -0.15) is 5.06 Å². The number of benzene rings is 1. The monoisotopic (exact) mass is 712 g/mol. The van der Waals surface area contributed by atoms with Crippen LogP contribution >= 0.6 is 11.3 Å². The van der Waals surface area contributed by atoms with Gasteiger partial charge in [-0.15, -0.1) is 11.3 Å². The second-order valence-corrected chi connectivity index (χ2v) is 17.6. The molecule has 4 fully saturated rings. The highest BCUT2D eigenvalue weighted by Crippen LogP contribution is 2.61. The number of hydrogen-bond acceptors (Lipinski definition) is 9. The van der Waals surface area contributed by atoms with Crippen molar-refractivity contribution in [3.8, 4) is 0 Å². The van der Waals surface area contributed by atoms with Gasteiger partial charge in [0, 0.05) is 42.5 Å². The molecule has 3 aliphatic carbocycles. The van der Waals surface area contributed by atoms with Gasteiger partial charge < -0.3 is 25.5 Å². The van der Waals surface area contributed by atoms with Crippen molar-refractivity contribution in [2.75, 3.05) is 27.2 Å². The van der Waals surface area contributed by atoms with E-state index in [4.69, 9.17) is 4.84 Å². The number of carboxylic acids is 1. The molecule has 9 atom stereocenters. The normalized spacial score (nSPS) is 28.9. The minimum Gasteiger partial charge on any atom is -0.478 e. The second kappa shape index (κ2) is 16.1. The van der Waals surface area contributed by atoms with Crippen molar-refractivity contribution in [1.82, 2.24) is 20.2 Å². The van der Waals surface area contributed by atoms with Crippen LogP contribution in [0.2, 0.25) is 0 Å². The maximum absolute atomic E-state index is 14.1. The molecule has 6 rings (SSSR count). The smallest absolute Gasteiger partial charge is 0.336 e. The van der Waals surface area contributed by atoms with Gasteiger partial charge in [0.15, 0.2) is 0 Å². The number of thiophene rings is 1. The molecule has 4 aliphatic rings. The molecule has 10 nitrogen and oxygen atoms in total. The van der Waals surface area contributed by atoms with Gasteiger partial charge in [-0.3, -0.25) is 14.5 Å². The second-order valence-electron chi connectivity index (χ2n) is 16.6. The number of hydrogen-bond donors (Lipinski definition) is 4. The fourth-order valence-electron chi connectivity index (χ4n) is 9.18. The van der Waals surface area contributed by atoms with E-state index in [2.05, 4.69) is 76.0 Å². The number of likely N-dealkylation sites (N-methyl/N-ethyl adjacent to an activating group) is 1. The highest BCUT2D eigenvalue weighted by molar-refractivity contribution is 7.10. The van der Waals surface area contributed by atoms with Crippen LogP contribution in [0.3, 0.4) is 0 Å². The van der Waals surface area contributed by atoms with E-state index < -0.39 is 30.1 Å². The van der Waals surface area contributed by atoms with E-state index in [0.29, 0.717) is 54.3 Å². The Morgan fingerprint density at radius 3 is 2.44 bits per heavy atom. The number of nitrogens with one attached hydrogen (secondary N) is 1. The summed E-state index contributed by atoms with van der Waals surface area (Å²) < 4.78 is 0. The van der Waals surface area contributed by atoms with Crippen LogP contribution in [0.4, 0.5) is 0 Å². The van der Waals surface area contributed by atoms with E-state index in [1.54, 1.807) is 18.1 Å². The topological polar surface area (TPSA) is 126 Å². The molecule has 0 radical (unpaired) electrons. The summed E-state index contributed by atoms with van der Waals surface area (Å²) >= 11 is 1.48. The van der Waals surface area contributed by atoms with Gasteiger partial charge in [-0.25, -0.2) is 4.79 Å². The summed E-state index contributed by atoms with van der Waals surface area (Å²) in [5.74, 6) is 0.351. The first kappa shape index (κ1) is 38.8. The zero-order valence-corrected chi connectivity index (χ0v) is 32.0. The number of fused-ring (bicyclic) bond motifs is 2. The molecule has 4 N–H and O–H groups in total. The van der Waals surface area contributed by atoms with Crippen LogP contribution in [-0.4, -0.2) is 99.6 Å². The van der Waals surface area contributed by atoms with Gasteiger partial charge in [0.05, 0.1) is 24.8 Å². The predicted octanol–water partition coefficient (Wildman–Crippen LogP) is 5.09. The molecule has 2 heterocycles. The Hall–Kier alpha value is -2.38. The van der Waals surface area contributed by atoms with E-state index in [9.17, 15) is 24.9 Å².